The molecule has 2 rings (SSSR count). The van der Waals surface area contributed by atoms with Crippen LogP contribution < -0.4 is 4.74 Å². The zero-order valence-electron chi connectivity index (χ0n) is 10.5. The fourth-order valence-electron chi connectivity index (χ4n) is 1.69. The molecule has 2 aromatic rings. The van der Waals surface area contributed by atoms with Gasteiger partial charge in [0.2, 0.25) is 0 Å². The van der Waals surface area contributed by atoms with E-state index in [1.165, 1.54) is 6.92 Å². The summed E-state index contributed by atoms with van der Waals surface area (Å²) < 4.78 is 7.17. The fourth-order valence-corrected chi connectivity index (χ4v) is 1.69. The van der Waals surface area contributed by atoms with Crippen LogP contribution in [0, 0.1) is 0 Å². The molecular formula is C15H15NO2. The van der Waals surface area contributed by atoms with Crippen LogP contribution in [-0.2, 0) is 11.8 Å². The van der Waals surface area contributed by atoms with Crippen molar-refractivity contribution in [2.24, 2.45) is 7.05 Å². The molecule has 0 atom stereocenters. The summed E-state index contributed by atoms with van der Waals surface area (Å²) in [5.74, 6) is 0.269. The number of hydrogen-bond acceptors (Lipinski definition) is 2. The Hall–Kier alpha value is -2.29. The highest BCUT2D eigenvalue weighted by molar-refractivity contribution is 5.75. The SMILES string of the molecule is CC(=O)Oc1ccccc1/C=C/c1cccn1C. The van der Waals surface area contributed by atoms with E-state index in [0.29, 0.717) is 5.75 Å². The highest BCUT2D eigenvalue weighted by Gasteiger charge is 2.02. The van der Waals surface area contributed by atoms with Crippen molar-refractivity contribution in [3.05, 3.63) is 53.9 Å². The average Bonchev–Trinajstić information content (AvgIpc) is 2.73. The van der Waals surface area contributed by atoms with Crippen LogP contribution in [-0.4, -0.2) is 10.5 Å². The van der Waals surface area contributed by atoms with E-state index in [4.69, 9.17) is 4.74 Å². The van der Waals surface area contributed by atoms with Crippen LogP contribution in [0.3, 0.4) is 0 Å². The number of nitrogens with zero attached hydrogens (tertiary/aromatic N) is 1. The molecule has 0 aliphatic rings. The van der Waals surface area contributed by atoms with E-state index < -0.39 is 0 Å². The molecule has 0 amide bonds. The number of para-hydroxylation sites is 1. The first-order valence-corrected chi connectivity index (χ1v) is 5.73. The normalized spacial score (nSPS) is 10.8. The van der Waals surface area contributed by atoms with E-state index in [0.717, 1.165) is 11.3 Å². The van der Waals surface area contributed by atoms with E-state index in [2.05, 4.69) is 0 Å². The molecule has 0 spiro atoms. The number of aryl methyl sites for hydroxylation is 1. The van der Waals surface area contributed by atoms with Gasteiger partial charge in [0, 0.05) is 31.4 Å². The number of esters is 1. The van der Waals surface area contributed by atoms with Crippen molar-refractivity contribution in [1.29, 1.82) is 0 Å². The molecule has 18 heavy (non-hydrogen) atoms. The summed E-state index contributed by atoms with van der Waals surface area (Å²) >= 11 is 0. The molecule has 3 nitrogen and oxygen atoms in total. The predicted octanol–water partition coefficient (Wildman–Crippen LogP) is 3.12. The molecule has 0 radical (unpaired) electrons. The maximum Gasteiger partial charge on any atom is 0.308 e. The largest absolute Gasteiger partial charge is 0.426 e. The summed E-state index contributed by atoms with van der Waals surface area (Å²) in [5, 5.41) is 0. The van der Waals surface area contributed by atoms with Crippen molar-refractivity contribution in [3.63, 3.8) is 0 Å². The summed E-state index contributed by atoms with van der Waals surface area (Å²) in [7, 11) is 1.98. The van der Waals surface area contributed by atoms with Crippen LogP contribution in [0.4, 0.5) is 0 Å². The molecule has 0 aliphatic carbocycles. The van der Waals surface area contributed by atoms with Crippen molar-refractivity contribution in [3.8, 4) is 5.75 Å². The van der Waals surface area contributed by atoms with E-state index >= 15 is 0 Å². The van der Waals surface area contributed by atoms with E-state index in [1.54, 1.807) is 6.07 Å². The minimum atomic E-state index is -0.310. The van der Waals surface area contributed by atoms with Crippen LogP contribution in [0.25, 0.3) is 12.2 Å². The first kappa shape index (κ1) is 12.2. The number of hydrogen-bond donors (Lipinski definition) is 0. The van der Waals surface area contributed by atoms with Crippen LogP contribution in [0.5, 0.6) is 5.75 Å². The Morgan fingerprint density at radius 2 is 1.94 bits per heavy atom. The van der Waals surface area contributed by atoms with Gasteiger partial charge in [0.1, 0.15) is 5.75 Å². The smallest absolute Gasteiger partial charge is 0.308 e. The van der Waals surface area contributed by atoms with Gasteiger partial charge in [-0.1, -0.05) is 18.2 Å². The van der Waals surface area contributed by atoms with Crippen LogP contribution in [0.2, 0.25) is 0 Å². The summed E-state index contributed by atoms with van der Waals surface area (Å²) in [4.78, 5) is 11.0. The maximum atomic E-state index is 11.0. The lowest BCUT2D eigenvalue weighted by atomic mass is 10.2. The number of ether oxygens (including phenoxy) is 1. The molecule has 3 heteroatoms. The molecule has 0 aliphatic heterocycles. The Labute approximate surface area is 106 Å². The van der Waals surface area contributed by atoms with Gasteiger partial charge in [-0.05, 0) is 30.4 Å². The number of benzene rings is 1. The van der Waals surface area contributed by atoms with Gasteiger partial charge in [-0.2, -0.15) is 0 Å². The Bertz CT molecular complexity index is 582. The first-order valence-electron chi connectivity index (χ1n) is 5.73. The quantitative estimate of drug-likeness (QED) is 0.610. The van der Waals surface area contributed by atoms with Crippen molar-refractivity contribution >= 4 is 18.1 Å². The Balaban J connectivity index is 2.26. The Morgan fingerprint density at radius 1 is 1.17 bits per heavy atom. The summed E-state index contributed by atoms with van der Waals surface area (Å²) in [5.41, 5.74) is 1.97. The van der Waals surface area contributed by atoms with Gasteiger partial charge < -0.3 is 9.30 Å². The summed E-state index contributed by atoms with van der Waals surface area (Å²) in [6.45, 7) is 1.40. The standard InChI is InChI=1S/C15H15NO2/c1-12(17)18-15-8-4-3-6-13(15)9-10-14-7-5-11-16(14)2/h3-11H,1-2H3/b10-9+. The van der Waals surface area contributed by atoms with Gasteiger partial charge >= 0.3 is 5.97 Å². The van der Waals surface area contributed by atoms with Crippen molar-refractivity contribution < 1.29 is 9.53 Å². The zero-order chi connectivity index (χ0) is 13.0. The maximum absolute atomic E-state index is 11.0. The lowest BCUT2D eigenvalue weighted by Crippen LogP contribution is -2.02. The molecule has 0 saturated heterocycles. The summed E-state index contributed by atoms with van der Waals surface area (Å²) in [6, 6.07) is 11.5. The molecular weight excluding hydrogens is 226 g/mol. The van der Waals surface area contributed by atoms with Crippen molar-refractivity contribution in [2.75, 3.05) is 0 Å². The highest BCUT2D eigenvalue weighted by Crippen LogP contribution is 2.20. The van der Waals surface area contributed by atoms with E-state index in [1.807, 2.05) is 60.3 Å². The number of aromatic nitrogens is 1. The van der Waals surface area contributed by atoms with Gasteiger partial charge in [-0.3, -0.25) is 4.79 Å². The van der Waals surface area contributed by atoms with Gasteiger partial charge in [-0.25, -0.2) is 0 Å². The van der Waals surface area contributed by atoms with Gasteiger partial charge in [0.25, 0.3) is 0 Å². The Morgan fingerprint density at radius 3 is 2.61 bits per heavy atom. The number of carbonyl (C=O) groups is 1. The van der Waals surface area contributed by atoms with Crippen LogP contribution in [0.15, 0.2) is 42.6 Å². The molecule has 0 bridgehead atoms. The first-order chi connectivity index (χ1) is 8.66. The van der Waals surface area contributed by atoms with Crippen molar-refractivity contribution in [1.82, 2.24) is 4.57 Å². The second kappa shape index (κ2) is 5.36. The van der Waals surface area contributed by atoms with Gasteiger partial charge in [0.15, 0.2) is 0 Å². The molecule has 92 valence electrons. The topological polar surface area (TPSA) is 31.2 Å². The van der Waals surface area contributed by atoms with E-state index in [9.17, 15) is 4.79 Å². The van der Waals surface area contributed by atoms with E-state index in [-0.39, 0.29) is 5.97 Å². The van der Waals surface area contributed by atoms with Crippen LogP contribution >= 0.6 is 0 Å². The predicted molar refractivity (Wildman–Crippen MR) is 72.1 cm³/mol. The molecule has 1 aromatic heterocycles. The molecule has 0 fully saturated rings. The Kier molecular flexibility index (Phi) is 3.63. The highest BCUT2D eigenvalue weighted by atomic mass is 16.5. The van der Waals surface area contributed by atoms with Gasteiger partial charge in [0.05, 0.1) is 0 Å². The average molecular weight is 241 g/mol. The minimum Gasteiger partial charge on any atom is -0.426 e. The second-order valence-corrected chi connectivity index (χ2v) is 4.01. The fraction of sp³-hybridized carbons (Fsp3) is 0.133. The minimum absolute atomic E-state index is 0.310. The molecule has 0 saturated carbocycles. The molecule has 1 aromatic carbocycles. The lowest BCUT2D eigenvalue weighted by Gasteiger charge is -2.04. The third kappa shape index (κ3) is 2.88. The second-order valence-electron chi connectivity index (χ2n) is 4.01. The lowest BCUT2D eigenvalue weighted by molar-refractivity contribution is -0.131. The molecule has 1 heterocycles. The van der Waals surface area contributed by atoms with Crippen LogP contribution in [0.1, 0.15) is 18.2 Å². The third-order valence-electron chi connectivity index (χ3n) is 2.59. The zero-order valence-corrected chi connectivity index (χ0v) is 10.5. The molecule has 0 unspecified atom stereocenters. The monoisotopic (exact) mass is 241 g/mol. The number of carbonyl (C=O) groups excluding carboxylic acids is 1. The van der Waals surface area contributed by atoms with Gasteiger partial charge in [-0.15, -0.1) is 0 Å². The number of rotatable bonds is 3. The third-order valence-corrected chi connectivity index (χ3v) is 2.59. The van der Waals surface area contributed by atoms with Crippen molar-refractivity contribution in [2.45, 2.75) is 6.92 Å². The summed E-state index contributed by atoms with van der Waals surface area (Å²) in [6.07, 6.45) is 5.91. The molecule has 0 N–H and O–H groups in total.